The summed E-state index contributed by atoms with van der Waals surface area (Å²) >= 11 is 1.38. The normalized spacial score (nSPS) is 12.1. The summed E-state index contributed by atoms with van der Waals surface area (Å²) in [6.45, 7) is 4.20. The zero-order valence-corrected chi connectivity index (χ0v) is 13.0. The minimum Gasteiger partial charge on any atom is -0.316 e. The summed E-state index contributed by atoms with van der Waals surface area (Å²) in [6, 6.07) is 6.12. The molecule has 0 aliphatic carbocycles. The smallest absolute Gasteiger partial charge is 0.225 e. The van der Waals surface area contributed by atoms with E-state index in [1.165, 1.54) is 23.5 Å². The fraction of sp³-hybridized carbons (Fsp3) is 0.375. The van der Waals surface area contributed by atoms with Crippen molar-refractivity contribution in [3.8, 4) is 11.3 Å². The predicted octanol–water partition coefficient (Wildman–Crippen LogP) is 4.71. The van der Waals surface area contributed by atoms with Gasteiger partial charge in [0.2, 0.25) is 5.91 Å². The molecular formula is C16H19FN2OS. The Kier molecular flexibility index (Phi) is 5.44. The largest absolute Gasteiger partial charge is 0.316 e. The fourth-order valence-electron chi connectivity index (χ4n) is 2.24. The van der Waals surface area contributed by atoms with Gasteiger partial charge in [0.15, 0.2) is 0 Å². The number of carbonyl (C=O) groups is 1. The maximum atomic E-state index is 13.0. The standard InChI is InChI=1S/C16H19FN2OS/c1-3-4-11(2)9-14(20)19-16-15(18-10-21-16)12-5-7-13(17)8-6-12/h5-8,10-11H,3-4,9H2,1-2H3,(H,19,20). The zero-order valence-electron chi connectivity index (χ0n) is 12.2. The van der Waals surface area contributed by atoms with E-state index in [1.54, 1.807) is 17.6 Å². The lowest BCUT2D eigenvalue weighted by Crippen LogP contribution is -2.14. The molecule has 1 atom stereocenters. The Labute approximate surface area is 128 Å². The molecule has 3 nitrogen and oxygen atoms in total. The first-order valence-corrected chi connectivity index (χ1v) is 7.97. The van der Waals surface area contributed by atoms with Gasteiger partial charge in [0.05, 0.1) is 5.51 Å². The molecule has 5 heteroatoms. The molecule has 0 spiro atoms. The lowest BCUT2D eigenvalue weighted by atomic mass is 10.0. The van der Waals surface area contributed by atoms with Crippen molar-refractivity contribution in [2.45, 2.75) is 33.1 Å². The molecule has 112 valence electrons. The maximum Gasteiger partial charge on any atom is 0.225 e. The van der Waals surface area contributed by atoms with Crippen LogP contribution in [0.15, 0.2) is 29.8 Å². The number of hydrogen-bond donors (Lipinski definition) is 1. The van der Waals surface area contributed by atoms with E-state index in [4.69, 9.17) is 0 Å². The molecule has 2 aromatic rings. The third kappa shape index (κ3) is 4.36. The summed E-state index contributed by atoms with van der Waals surface area (Å²) in [7, 11) is 0. The van der Waals surface area contributed by atoms with Crippen LogP contribution in [0, 0.1) is 11.7 Å². The van der Waals surface area contributed by atoms with Crippen molar-refractivity contribution >= 4 is 22.2 Å². The number of halogens is 1. The molecule has 0 fully saturated rings. The van der Waals surface area contributed by atoms with Crippen LogP contribution in [-0.4, -0.2) is 10.9 Å². The third-order valence-electron chi connectivity index (χ3n) is 3.25. The molecule has 1 unspecified atom stereocenters. The molecule has 0 bridgehead atoms. The molecular weight excluding hydrogens is 287 g/mol. The van der Waals surface area contributed by atoms with Crippen LogP contribution >= 0.6 is 11.3 Å². The highest BCUT2D eigenvalue weighted by atomic mass is 32.1. The summed E-state index contributed by atoms with van der Waals surface area (Å²) in [4.78, 5) is 16.3. The number of nitrogens with zero attached hydrogens (tertiary/aromatic N) is 1. The number of amides is 1. The summed E-state index contributed by atoms with van der Waals surface area (Å²) in [5.74, 6) is 0.0914. The predicted molar refractivity (Wildman–Crippen MR) is 84.8 cm³/mol. The Morgan fingerprint density at radius 2 is 2.10 bits per heavy atom. The van der Waals surface area contributed by atoms with Gasteiger partial charge in [0.25, 0.3) is 0 Å². The van der Waals surface area contributed by atoms with Crippen LogP contribution < -0.4 is 5.32 Å². The average molecular weight is 306 g/mol. The van der Waals surface area contributed by atoms with Crippen molar-refractivity contribution < 1.29 is 9.18 Å². The SMILES string of the molecule is CCCC(C)CC(=O)Nc1scnc1-c1ccc(F)cc1. The van der Waals surface area contributed by atoms with Gasteiger partial charge in [0.1, 0.15) is 16.5 Å². The van der Waals surface area contributed by atoms with Crippen molar-refractivity contribution in [1.29, 1.82) is 0 Å². The van der Waals surface area contributed by atoms with Crippen molar-refractivity contribution in [2.75, 3.05) is 5.32 Å². The van der Waals surface area contributed by atoms with E-state index in [0.717, 1.165) is 23.4 Å². The van der Waals surface area contributed by atoms with Crippen molar-refractivity contribution in [1.82, 2.24) is 4.98 Å². The highest BCUT2D eigenvalue weighted by Gasteiger charge is 2.14. The molecule has 0 aliphatic rings. The van der Waals surface area contributed by atoms with E-state index in [2.05, 4.69) is 24.1 Å². The monoisotopic (exact) mass is 306 g/mol. The molecule has 1 aromatic heterocycles. The first-order chi connectivity index (χ1) is 10.1. The average Bonchev–Trinajstić information content (AvgIpc) is 2.87. The summed E-state index contributed by atoms with van der Waals surface area (Å²) in [6.07, 6.45) is 2.63. The van der Waals surface area contributed by atoms with Crippen LogP contribution in [0.2, 0.25) is 0 Å². The molecule has 0 saturated heterocycles. The highest BCUT2D eigenvalue weighted by Crippen LogP contribution is 2.30. The van der Waals surface area contributed by atoms with Gasteiger partial charge in [-0.1, -0.05) is 26.7 Å². The number of aromatic nitrogens is 1. The molecule has 0 aliphatic heterocycles. The van der Waals surface area contributed by atoms with E-state index < -0.39 is 0 Å². The first-order valence-electron chi connectivity index (χ1n) is 7.09. The Bertz CT molecular complexity index is 595. The summed E-state index contributed by atoms with van der Waals surface area (Å²) in [5, 5.41) is 3.63. The van der Waals surface area contributed by atoms with Crippen LogP contribution in [0.4, 0.5) is 9.39 Å². The molecule has 1 aromatic carbocycles. The number of hydrogen-bond acceptors (Lipinski definition) is 3. The minimum atomic E-state index is -0.284. The second-order valence-electron chi connectivity index (χ2n) is 5.18. The van der Waals surface area contributed by atoms with Crippen molar-refractivity contribution in [3.05, 3.63) is 35.6 Å². The van der Waals surface area contributed by atoms with Crippen LogP contribution in [-0.2, 0) is 4.79 Å². The maximum absolute atomic E-state index is 13.0. The van der Waals surface area contributed by atoms with E-state index in [1.807, 2.05) is 0 Å². The van der Waals surface area contributed by atoms with Gasteiger partial charge in [-0.25, -0.2) is 9.37 Å². The number of nitrogens with one attached hydrogen (secondary N) is 1. The molecule has 0 radical (unpaired) electrons. The van der Waals surface area contributed by atoms with Gasteiger partial charge >= 0.3 is 0 Å². The van der Waals surface area contributed by atoms with Gasteiger partial charge < -0.3 is 5.32 Å². The molecule has 21 heavy (non-hydrogen) atoms. The number of anilines is 1. The van der Waals surface area contributed by atoms with Crippen molar-refractivity contribution in [3.63, 3.8) is 0 Å². The van der Waals surface area contributed by atoms with Gasteiger partial charge in [0, 0.05) is 12.0 Å². The number of carbonyl (C=O) groups excluding carboxylic acids is 1. The van der Waals surface area contributed by atoms with Gasteiger partial charge in [-0.05, 0) is 30.2 Å². The fourth-order valence-corrected chi connectivity index (χ4v) is 2.96. The van der Waals surface area contributed by atoms with E-state index in [-0.39, 0.29) is 11.7 Å². The van der Waals surface area contributed by atoms with Crippen LogP contribution in [0.5, 0.6) is 0 Å². The quantitative estimate of drug-likeness (QED) is 0.839. The third-order valence-corrected chi connectivity index (χ3v) is 4.00. The highest BCUT2D eigenvalue weighted by molar-refractivity contribution is 7.14. The minimum absolute atomic E-state index is 0.00330. The Hall–Kier alpha value is -1.75. The van der Waals surface area contributed by atoms with E-state index in [9.17, 15) is 9.18 Å². The van der Waals surface area contributed by atoms with Gasteiger partial charge in [-0.3, -0.25) is 4.79 Å². The topological polar surface area (TPSA) is 42.0 Å². The summed E-state index contributed by atoms with van der Waals surface area (Å²) in [5.41, 5.74) is 3.18. The molecule has 1 amide bonds. The first kappa shape index (κ1) is 15.6. The Morgan fingerprint density at radius 1 is 1.38 bits per heavy atom. The number of thiazole rings is 1. The summed E-state index contributed by atoms with van der Waals surface area (Å²) < 4.78 is 13.0. The lowest BCUT2D eigenvalue weighted by molar-refractivity contribution is -0.117. The van der Waals surface area contributed by atoms with Gasteiger partial charge in [-0.2, -0.15) is 0 Å². The van der Waals surface area contributed by atoms with Crippen molar-refractivity contribution in [2.24, 2.45) is 5.92 Å². The second-order valence-corrected chi connectivity index (χ2v) is 6.04. The Balaban J connectivity index is 2.07. The second kappa shape index (κ2) is 7.31. The van der Waals surface area contributed by atoms with E-state index >= 15 is 0 Å². The number of rotatable bonds is 6. The number of benzene rings is 1. The zero-order chi connectivity index (χ0) is 15.2. The van der Waals surface area contributed by atoms with Crippen LogP contribution in [0.1, 0.15) is 33.1 Å². The van der Waals surface area contributed by atoms with Crippen LogP contribution in [0.25, 0.3) is 11.3 Å². The van der Waals surface area contributed by atoms with E-state index in [0.29, 0.717) is 18.0 Å². The molecule has 1 heterocycles. The lowest BCUT2D eigenvalue weighted by Gasteiger charge is -2.10. The molecule has 2 rings (SSSR count). The van der Waals surface area contributed by atoms with Crippen LogP contribution in [0.3, 0.4) is 0 Å². The Morgan fingerprint density at radius 3 is 2.76 bits per heavy atom. The van der Waals surface area contributed by atoms with Gasteiger partial charge in [-0.15, -0.1) is 11.3 Å². The molecule has 0 saturated carbocycles. The molecule has 1 N–H and O–H groups in total.